The average Bonchev–Trinajstić information content (AvgIpc) is 2.47. The Hall–Kier alpha value is -2.45. The highest BCUT2D eigenvalue weighted by Crippen LogP contribution is 2.28. The van der Waals surface area contributed by atoms with Crippen LogP contribution in [0.25, 0.3) is 11.0 Å². The fraction of sp³-hybridized carbons (Fsp3) is 0. The normalized spacial score (nSPS) is 10.2. The SMILES string of the molecule is N#Cc1cccc(Oc2ccnc3cc(Br)cnc23)c1. The maximum absolute atomic E-state index is 8.90. The Morgan fingerprint density at radius 2 is 2.05 bits per heavy atom. The molecule has 0 aliphatic heterocycles. The number of fused-ring (bicyclic) bond motifs is 1. The Labute approximate surface area is 123 Å². The molecule has 3 aromatic rings. The molecule has 2 heterocycles. The van der Waals surface area contributed by atoms with E-state index in [1.807, 2.05) is 6.07 Å². The molecule has 3 rings (SSSR count). The van der Waals surface area contributed by atoms with Crippen molar-refractivity contribution in [3.8, 4) is 17.6 Å². The summed E-state index contributed by atoms with van der Waals surface area (Å²) < 4.78 is 6.67. The van der Waals surface area contributed by atoms with Crippen molar-refractivity contribution in [3.63, 3.8) is 0 Å². The van der Waals surface area contributed by atoms with Crippen LogP contribution in [0.3, 0.4) is 0 Å². The van der Waals surface area contributed by atoms with Crippen molar-refractivity contribution in [2.45, 2.75) is 0 Å². The Morgan fingerprint density at radius 1 is 1.15 bits per heavy atom. The first-order chi connectivity index (χ1) is 9.76. The third-order valence-corrected chi connectivity index (χ3v) is 3.13. The van der Waals surface area contributed by atoms with Gasteiger partial charge in [-0.05, 0) is 40.2 Å². The molecule has 0 amide bonds. The summed E-state index contributed by atoms with van der Waals surface area (Å²) in [4.78, 5) is 8.57. The number of rotatable bonds is 2. The first-order valence-corrected chi connectivity index (χ1v) is 6.64. The summed E-state index contributed by atoms with van der Waals surface area (Å²) in [6.07, 6.45) is 3.36. The lowest BCUT2D eigenvalue weighted by molar-refractivity contribution is 0.486. The van der Waals surface area contributed by atoms with E-state index in [1.165, 1.54) is 0 Å². The molecule has 96 valence electrons. The highest BCUT2D eigenvalue weighted by molar-refractivity contribution is 9.10. The quantitative estimate of drug-likeness (QED) is 0.713. The van der Waals surface area contributed by atoms with Crippen molar-refractivity contribution in [2.75, 3.05) is 0 Å². The minimum absolute atomic E-state index is 0.552. The van der Waals surface area contributed by atoms with Crippen LogP contribution in [0.15, 0.2) is 53.3 Å². The van der Waals surface area contributed by atoms with Crippen molar-refractivity contribution in [1.82, 2.24) is 9.97 Å². The van der Waals surface area contributed by atoms with Crippen LogP contribution < -0.4 is 4.74 Å². The molecule has 0 aliphatic carbocycles. The third-order valence-electron chi connectivity index (χ3n) is 2.70. The van der Waals surface area contributed by atoms with Crippen molar-refractivity contribution >= 4 is 27.0 Å². The Kier molecular flexibility index (Phi) is 3.32. The average molecular weight is 326 g/mol. The minimum atomic E-state index is 0.552. The highest BCUT2D eigenvalue weighted by atomic mass is 79.9. The number of ether oxygens (including phenoxy) is 1. The van der Waals surface area contributed by atoms with Gasteiger partial charge in [0.1, 0.15) is 11.3 Å². The molecule has 1 aromatic carbocycles. The lowest BCUT2D eigenvalue weighted by Crippen LogP contribution is -1.90. The molecule has 0 radical (unpaired) electrons. The summed E-state index contributed by atoms with van der Waals surface area (Å²) in [5.74, 6) is 1.21. The van der Waals surface area contributed by atoms with Gasteiger partial charge in [-0.25, -0.2) is 4.98 Å². The molecule has 5 heteroatoms. The minimum Gasteiger partial charge on any atom is -0.455 e. The van der Waals surface area contributed by atoms with E-state index in [0.717, 1.165) is 9.99 Å². The van der Waals surface area contributed by atoms with Crippen LogP contribution in [-0.4, -0.2) is 9.97 Å². The summed E-state index contributed by atoms with van der Waals surface area (Å²) in [5.41, 5.74) is 1.97. The van der Waals surface area contributed by atoms with Crippen molar-refractivity contribution < 1.29 is 4.74 Å². The first kappa shape index (κ1) is 12.6. The zero-order chi connectivity index (χ0) is 13.9. The number of hydrogen-bond acceptors (Lipinski definition) is 4. The van der Waals surface area contributed by atoms with Crippen LogP contribution >= 0.6 is 15.9 Å². The summed E-state index contributed by atoms with van der Waals surface area (Å²) >= 11 is 3.36. The van der Waals surface area contributed by atoms with E-state index in [9.17, 15) is 0 Å². The number of nitrogens with zero attached hydrogens (tertiary/aromatic N) is 3. The summed E-state index contributed by atoms with van der Waals surface area (Å²) in [7, 11) is 0. The highest BCUT2D eigenvalue weighted by Gasteiger charge is 2.06. The Morgan fingerprint density at radius 3 is 2.90 bits per heavy atom. The number of nitriles is 1. The largest absolute Gasteiger partial charge is 0.455 e. The molecule has 0 saturated carbocycles. The van der Waals surface area contributed by atoms with Gasteiger partial charge in [0.15, 0.2) is 5.75 Å². The van der Waals surface area contributed by atoms with Gasteiger partial charge in [-0.15, -0.1) is 0 Å². The van der Waals surface area contributed by atoms with E-state index in [-0.39, 0.29) is 0 Å². The smallest absolute Gasteiger partial charge is 0.156 e. The summed E-state index contributed by atoms with van der Waals surface area (Å²) in [5, 5.41) is 8.90. The van der Waals surface area contributed by atoms with Crippen molar-refractivity contribution in [2.24, 2.45) is 0 Å². The number of aromatic nitrogens is 2. The van der Waals surface area contributed by atoms with E-state index in [1.54, 1.807) is 42.7 Å². The van der Waals surface area contributed by atoms with Crippen LogP contribution in [0.1, 0.15) is 5.56 Å². The molecule has 0 N–H and O–H groups in total. The molecule has 4 nitrogen and oxygen atoms in total. The van der Waals surface area contributed by atoms with Gasteiger partial charge in [0, 0.05) is 22.9 Å². The number of hydrogen-bond donors (Lipinski definition) is 0. The molecule has 0 aliphatic rings. The fourth-order valence-corrected chi connectivity index (χ4v) is 2.14. The molecule has 0 spiro atoms. The number of halogens is 1. The van der Waals surface area contributed by atoms with Gasteiger partial charge < -0.3 is 4.74 Å². The van der Waals surface area contributed by atoms with Gasteiger partial charge in [-0.3, -0.25) is 4.98 Å². The topological polar surface area (TPSA) is 58.8 Å². The van der Waals surface area contributed by atoms with Gasteiger partial charge >= 0.3 is 0 Å². The predicted octanol–water partition coefficient (Wildman–Crippen LogP) is 4.06. The second kappa shape index (κ2) is 5.27. The lowest BCUT2D eigenvalue weighted by atomic mass is 10.2. The van der Waals surface area contributed by atoms with Crippen molar-refractivity contribution in [3.05, 3.63) is 58.8 Å². The molecule has 0 atom stereocenters. The Bertz CT molecular complexity index is 827. The van der Waals surface area contributed by atoms with Crippen LogP contribution in [0.5, 0.6) is 11.5 Å². The summed E-state index contributed by atoms with van der Waals surface area (Å²) in [6.45, 7) is 0. The molecule has 2 aromatic heterocycles. The zero-order valence-electron chi connectivity index (χ0n) is 10.2. The monoisotopic (exact) mass is 325 g/mol. The molecular weight excluding hydrogens is 318 g/mol. The van der Waals surface area contributed by atoms with Gasteiger partial charge in [0.25, 0.3) is 0 Å². The van der Waals surface area contributed by atoms with Gasteiger partial charge in [0.2, 0.25) is 0 Å². The fourth-order valence-electron chi connectivity index (χ4n) is 1.82. The molecule has 0 bridgehead atoms. The van der Waals surface area contributed by atoms with Crippen LogP contribution in [0.2, 0.25) is 0 Å². The molecular formula is C15H8BrN3O. The molecule has 0 fully saturated rings. The zero-order valence-corrected chi connectivity index (χ0v) is 11.8. The summed E-state index contributed by atoms with van der Waals surface area (Å²) in [6, 6.07) is 12.7. The molecule has 0 saturated heterocycles. The molecule has 0 unspecified atom stereocenters. The first-order valence-electron chi connectivity index (χ1n) is 5.84. The van der Waals surface area contributed by atoms with E-state index >= 15 is 0 Å². The second-order valence-corrected chi connectivity index (χ2v) is 4.99. The van der Waals surface area contributed by atoms with Crippen LogP contribution in [0, 0.1) is 11.3 Å². The number of benzene rings is 1. The third kappa shape index (κ3) is 2.46. The van der Waals surface area contributed by atoms with E-state index in [2.05, 4.69) is 32.0 Å². The maximum Gasteiger partial charge on any atom is 0.156 e. The second-order valence-electron chi connectivity index (χ2n) is 4.07. The van der Waals surface area contributed by atoms with Crippen LogP contribution in [0.4, 0.5) is 0 Å². The predicted molar refractivity (Wildman–Crippen MR) is 78.5 cm³/mol. The lowest BCUT2D eigenvalue weighted by Gasteiger charge is -2.08. The van der Waals surface area contributed by atoms with Crippen LogP contribution in [-0.2, 0) is 0 Å². The van der Waals surface area contributed by atoms with Gasteiger partial charge in [-0.2, -0.15) is 5.26 Å². The van der Waals surface area contributed by atoms with E-state index in [4.69, 9.17) is 10.00 Å². The van der Waals surface area contributed by atoms with Gasteiger partial charge in [0.05, 0.1) is 17.1 Å². The van der Waals surface area contributed by atoms with E-state index < -0.39 is 0 Å². The van der Waals surface area contributed by atoms with Crippen molar-refractivity contribution in [1.29, 1.82) is 5.26 Å². The maximum atomic E-state index is 8.90. The standard InChI is InChI=1S/C15H8BrN3O/c16-11-7-13-15(19-9-11)14(4-5-18-13)20-12-3-1-2-10(6-12)8-17/h1-7,9H. The van der Waals surface area contributed by atoms with Gasteiger partial charge in [-0.1, -0.05) is 6.07 Å². The Balaban J connectivity index is 2.04. The molecule has 20 heavy (non-hydrogen) atoms. The number of pyridine rings is 2. The van der Waals surface area contributed by atoms with E-state index in [0.29, 0.717) is 22.6 Å².